The van der Waals surface area contributed by atoms with Crippen molar-refractivity contribution in [2.75, 3.05) is 0 Å². The Morgan fingerprint density at radius 3 is 2.78 bits per heavy atom. The van der Waals surface area contributed by atoms with Gasteiger partial charge in [-0.05, 0) is 35.9 Å². The molecule has 134 valence electrons. The molecule has 2 aromatic carbocycles. The first-order chi connectivity index (χ1) is 13.1. The van der Waals surface area contributed by atoms with Crippen LogP contribution in [0.1, 0.15) is 11.3 Å². The molecule has 0 N–H and O–H groups in total. The molecule has 0 spiro atoms. The first-order valence-corrected chi connectivity index (χ1v) is 8.92. The van der Waals surface area contributed by atoms with E-state index in [1.54, 1.807) is 16.5 Å². The fourth-order valence-corrected chi connectivity index (χ4v) is 3.68. The molecule has 0 bridgehead atoms. The number of carbonyl (C=O) groups is 1. The van der Waals surface area contributed by atoms with Crippen molar-refractivity contribution < 1.29 is 13.9 Å². The van der Waals surface area contributed by atoms with Crippen LogP contribution in [0.2, 0.25) is 0 Å². The minimum atomic E-state index is -0.572. The van der Waals surface area contributed by atoms with Crippen molar-refractivity contribution in [1.29, 1.82) is 0 Å². The Bertz CT molecular complexity index is 1230. The van der Waals surface area contributed by atoms with Gasteiger partial charge in [-0.3, -0.25) is 9.20 Å². The predicted molar refractivity (Wildman–Crippen MR) is 102 cm³/mol. The lowest BCUT2D eigenvalue weighted by Gasteiger charge is -2.02. The van der Waals surface area contributed by atoms with Gasteiger partial charge in [0, 0.05) is 12.1 Å². The molecule has 5 nitrogen and oxygen atoms in total. The summed E-state index contributed by atoms with van der Waals surface area (Å²) in [5, 5.41) is 0. The van der Waals surface area contributed by atoms with Crippen molar-refractivity contribution in [3.05, 3.63) is 88.1 Å². The van der Waals surface area contributed by atoms with Crippen LogP contribution in [0.15, 0.2) is 65.5 Å². The third-order valence-corrected chi connectivity index (χ3v) is 4.91. The summed E-state index contributed by atoms with van der Waals surface area (Å²) >= 11 is 1.40. The molecule has 0 atom stereocenters. The summed E-state index contributed by atoms with van der Waals surface area (Å²) in [6.45, 7) is -0.105. The Balaban J connectivity index is 1.50. The van der Waals surface area contributed by atoms with E-state index >= 15 is 0 Å². The zero-order valence-electron chi connectivity index (χ0n) is 14.0. The largest absolute Gasteiger partial charge is 0.456 e. The van der Waals surface area contributed by atoms with Gasteiger partial charge in [-0.2, -0.15) is 0 Å². The van der Waals surface area contributed by atoms with Crippen LogP contribution in [0.4, 0.5) is 4.39 Å². The Labute approximate surface area is 157 Å². The van der Waals surface area contributed by atoms with Gasteiger partial charge < -0.3 is 4.74 Å². The summed E-state index contributed by atoms with van der Waals surface area (Å²) in [6, 6.07) is 14.6. The molecule has 0 aliphatic heterocycles. The van der Waals surface area contributed by atoms with Gasteiger partial charge >= 0.3 is 5.97 Å². The monoisotopic (exact) mass is 380 g/mol. The maximum absolute atomic E-state index is 12.9. The fraction of sp³-hybridized carbons (Fsp3) is 0.0500. The first-order valence-electron chi connectivity index (χ1n) is 8.11. The number of nitrogens with zero attached hydrogens (tertiary/aromatic N) is 2. The number of fused-ring (bicyclic) bond motifs is 3. The maximum atomic E-state index is 12.9. The van der Waals surface area contributed by atoms with E-state index in [4.69, 9.17) is 4.74 Å². The van der Waals surface area contributed by atoms with Gasteiger partial charge in [0.2, 0.25) is 0 Å². The number of ether oxygens (including phenoxy) is 1. The molecule has 4 aromatic rings. The lowest BCUT2D eigenvalue weighted by Crippen LogP contribution is -2.14. The highest BCUT2D eigenvalue weighted by molar-refractivity contribution is 7.23. The second-order valence-electron chi connectivity index (χ2n) is 5.77. The molecule has 0 saturated carbocycles. The zero-order valence-corrected chi connectivity index (χ0v) is 14.8. The SMILES string of the molecule is O=C(C=Cc1ccc(F)cc1)OCc1cc(=O)n2c(n1)sc1ccccc12. The van der Waals surface area contributed by atoms with Crippen molar-refractivity contribution >= 4 is 38.6 Å². The van der Waals surface area contributed by atoms with Gasteiger partial charge in [-0.1, -0.05) is 35.6 Å². The van der Waals surface area contributed by atoms with Crippen LogP contribution in [-0.2, 0) is 16.1 Å². The second kappa shape index (κ2) is 7.13. The lowest BCUT2D eigenvalue weighted by molar-refractivity contribution is -0.139. The van der Waals surface area contributed by atoms with Crippen molar-refractivity contribution in [1.82, 2.24) is 9.38 Å². The van der Waals surface area contributed by atoms with Crippen molar-refractivity contribution in [3.8, 4) is 0 Å². The van der Waals surface area contributed by atoms with Crippen LogP contribution in [0, 0.1) is 5.82 Å². The fourth-order valence-electron chi connectivity index (χ4n) is 2.63. The minimum Gasteiger partial charge on any atom is -0.456 e. The first kappa shape index (κ1) is 17.1. The normalized spacial score (nSPS) is 11.4. The van der Waals surface area contributed by atoms with Gasteiger partial charge in [0.1, 0.15) is 12.4 Å². The van der Waals surface area contributed by atoms with Crippen LogP contribution in [0.5, 0.6) is 0 Å². The number of esters is 1. The molecule has 2 heterocycles. The molecule has 0 amide bonds. The second-order valence-corrected chi connectivity index (χ2v) is 6.78. The van der Waals surface area contributed by atoms with E-state index in [0.29, 0.717) is 16.2 Å². The third-order valence-electron chi connectivity index (χ3n) is 3.89. The average Bonchev–Trinajstić information content (AvgIpc) is 3.05. The number of halogens is 1. The molecular weight excluding hydrogens is 367 g/mol. The summed E-state index contributed by atoms with van der Waals surface area (Å²) in [5.74, 6) is -0.915. The Morgan fingerprint density at radius 1 is 1.19 bits per heavy atom. The van der Waals surface area contributed by atoms with Gasteiger partial charge in [0.15, 0.2) is 4.96 Å². The van der Waals surface area contributed by atoms with Crippen LogP contribution < -0.4 is 5.56 Å². The van der Waals surface area contributed by atoms with Gasteiger partial charge in [0.25, 0.3) is 5.56 Å². The van der Waals surface area contributed by atoms with Crippen LogP contribution >= 0.6 is 11.3 Å². The molecule has 7 heteroatoms. The molecule has 4 rings (SSSR count). The average molecular weight is 380 g/mol. The van der Waals surface area contributed by atoms with Crippen molar-refractivity contribution in [2.24, 2.45) is 0 Å². The molecule has 27 heavy (non-hydrogen) atoms. The number of rotatable bonds is 4. The number of benzene rings is 2. The van der Waals surface area contributed by atoms with E-state index in [1.165, 1.54) is 41.7 Å². The van der Waals surface area contributed by atoms with E-state index in [1.807, 2.05) is 24.3 Å². The maximum Gasteiger partial charge on any atom is 0.331 e. The molecule has 0 unspecified atom stereocenters. The third kappa shape index (κ3) is 3.63. The number of hydrogen-bond donors (Lipinski definition) is 0. The highest BCUT2D eigenvalue weighted by atomic mass is 32.1. The summed E-state index contributed by atoms with van der Waals surface area (Å²) in [5.41, 5.74) is 1.65. The highest BCUT2D eigenvalue weighted by Gasteiger charge is 2.10. The Morgan fingerprint density at radius 2 is 1.96 bits per heavy atom. The van der Waals surface area contributed by atoms with Crippen LogP contribution in [0.3, 0.4) is 0 Å². The van der Waals surface area contributed by atoms with Crippen molar-refractivity contribution in [3.63, 3.8) is 0 Å². The Kier molecular flexibility index (Phi) is 4.52. The molecule has 0 radical (unpaired) electrons. The van der Waals surface area contributed by atoms with E-state index in [0.717, 1.165) is 10.2 Å². The number of para-hydroxylation sites is 1. The highest BCUT2D eigenvalue weighted by Crippen LogP contribution is 2.23. The predicted octanol–water partition coefficient (Wildman–Crippen LogP) is 3.80. The molecule has 0 aliphatic carbocycles. The van der Waals surface area contributed by atoms with Crippen molar-refractivity contribution in [2.45, 2.75) is 6.61 Å². The number of carbonyl (C=O) groups excluding carboxylic acids is 1. The topological polar surface area (TPSA) is 60.7 Å². The van der Waals surface area contributed by atoms with E-state index in [9.17, 15) is 14.0 Å². The Hall–Kier alpha value is -3.32. The van der Waals surface area contributed by atoms with E-state index < -0.39 is 5.97 Å². The van der Waals surface area contributed by atoms with E-state index in [2.05, 4.69) is 4.98 Å². The van der Waals surface area contributed by atoms with Gasteiger partial charge in [-0.15, -0.1) is 0 Å². The molecule has 0 saturated heterocycles. The van der Waals surface area contributed by atoms with Crippen LogP contribution in [-0.4, -0.2) is 15.4 Å². The lowest BCUT2D eigenvalue weighted by atomic mass is 10.2. The smallest absolute Gasteiger partial charge is 0.331 e. The molecule has 2 aromatic heterocycles. The molecule has 0 fully saturated rings. The van der Waals surface area contributed by atoms with Crippen LogP contribution in [0.25, 0.3) is 21.3 Å². The molecule has 0 aliphatic rings. The number of hydrogen-bond acceptors (Lipinski definition) is 5. The van der Waals surface area contributed by atoms with E-state index in [-0.39, 0.29) is 18.0 Å². The van der Waals surface area contributed by atoms with Gasteiger partial charge in [0.05, 0.1) is 15.9 Å². The summed E-state index contributed by atoms with van der Waals surface area (Å²) in [4.78, 5) is 29.2. The number of thiazole rings is 1. The standard InChI is InChI=1S/C20H13FN2O3S/c21-14-8-5-13(6-9-14)7-10-19(25)26-12-15-11-18(24)23-16-3-1-2-4-17(16)27-20(23)22-15/h1-11H,12H2. The summed E-state index contributed by atoms with van der Waals surface area (Å²) < 4.78 is 20.5. The molecular formula is C20H13FN2O3S. The number of aromatic nitrogens is 2. The zero-order chi connectivity index (χ0) is 18.8. The summed E-state index contributed by atoms with van der Waals surface area (Å²) in [6.07, 6.45) is 2.78. The quantitative estimate of drug-likeness (QED) is 0.399. The minimum absolute atomic E-state index is 0.105. The summed E-state index contributed by atoms with van der Waals surface area (Å²) in [7, 11) is 0. The van der Waals surface area contributed by atoms with Gasteiger partial charge in [-0.25, -0.2) is 14.2 Å².